The van der Waals surface area contributed by atoms with Gasteiger partial charge in [-0.05, 0) is 26.3 Å². The largest absolute Gasteiger partial charge is 0.391 e. The van der Waals surface area contributed by atoms with E-state index in [1.54, 1.807) is 4.90 Å². The third-order valence-electron chi connectivity index (χ3n) is 4.37. The number of nitrogens with one attached hydrogen (secondary N) is 2. The highest BCUT2D eigenvalue weighted by Gasteiger charge is 2.36. The number of hydrogen-bond donors (Lipinski definition) is 4. The van der Waals surface area contributed by atoms with Crippen LogP contribution in [0.2, 0.25) is 0 Å². The molecule has 4 atom stereocenters. The van der Waals surface area contributed by atoms with E-state index in [0.717, 1.165) is 13.0 Å². The second kappa shape index (κ2) is 7.06. The van der Waals surface area contributed by atoms with E-state index in [-0.39, 0.29) is 23.7 Å². The van der Waals surface area contributed by atoms with Crippen LogP contribution in [0.1, 0.15) is 19.8 Å². The van der Waals surface area contributed by atoms with Gasteiger partial charge in [0.05, 0.1) is 17.9 Å². The maximum absolute atomic E-state index is 12.3. The van der Waals surface area contributed by atoms with E-state index in [0.29, 0.717) is 26.1 Å². The Hall–Kier alpha value is -1.67. The van der Waals surface area contributed by atoms with Gasteiger partial charge in [0.25, 0.3) is 0 Å². The number of nitrogens with two attached hydrogens (primary N) is 1. The van der Waals surface area contributed by atoms with Crippen molar-refractivity contribution < 1.29 is 19.5 Å². The summed E-state index contributed by atoms with van der Waals surface area (Å²) in [6.45, 7) is 3.84. The fourth-order valence-electron chi connectivity index (χ4n) is 3.00. The Morgan fingerprint density at radius 1 is 1.32 bits per heavy atom. The highest BCUT2D eigenvalue weighted by Crippen LogP contribution is 2.21. The van der Waals surface area contributed by atoms with E-state index in [4.69, 9.17) is 5.73 Å². The minimum Gasteiger partial charge on any atom is -0.391 e. The van der Waals surface area contributed by atoms with Crippen molar-refractivity contribution in [1.82, 2.24) is 15.5 Å². The first-order chi connectivity index (χ1) is 10.4. The zero-order valence-electron chi connectivity index (χ0n) is 12.7. The topological polar surface area (TPSA) is 125 Å². The van der Waals surface area contributed by atoms with E-state index in [2.05, 4.69) is 10.6 Å². The van der Waals surface area contributed by atoms with Gasteiger partial charge in [-0.25, -0.2) is 0 Å². The molecule has 8 heteroatoms. The van der Waals surface area contributed by atoms with Gasteiger partial charge in [-0.2, -0.15) is 0 Å². The van der Waals surface area contributed by atoms with E-state index < -0.39 is 18.1 Å². The highest BCUT2D eigenvalue weighted by atomic mass is 16.3. The predicted molar refractivity (Wildman–Crippen MR) is 78.5 cm³/mol. The van der Waals surface area contributed by atoms with Crippen molar-refractivity contribution in [2.45, 2.75) is 31.9 Å². The first-order valence-electron chi connectivity index (χ1n) is 7.67. The smallest absolute Gasteiger partial charge is 0.242 e. The molecule has 3 amide bonds. The van der Waals surface area contributed by atoms with Crippen LogP contribution in [-0.4, -0.2) is 66.1 Å². The number of nitrogens with zero attached hydrogens (tertiary/aromatic N) is 1. The SMILES string of the molecule is C[C@@H](O)[C@H](NC(=O)[C@@H]1CCN(C(=O)[C@@H]2CCNC2)C1)C(N)=O. The fourth-order valence-corrected chi connectivity index (χ4v) is 3.00. The fraction of sp³-hybridized carbons (Fsp3) is 0.786. The van der Waals surface area contributed by atoms with Crippen LogP contribution in [0.5, 0.6) is 0 Å². The molecule has 5 N–H and O–H groups in total. The standard InChI is InChI=1S/C14H24N4O4/c1-8(19)11(12(15)20)17-13(21)10-3-5-18(7-10)14(22)9-2-4-16-6-9/h8-11,16,19H,2-7H2,1H3,(H2,15,20)(H,17,21)/t8-,9-,10-,11+/m1/s1. The molecule has 0 aromatic carbocycles. The van der Waals surface area contributed by atoms with Gasteiger partial charge in [0, 0.05) is 19.6 Å². The quantitative estimate of drug-likeness (QED) is 0.458. The van der Waals surface area contributed by atoms with E-state index >= 15 is 0 Å². The minimum atomic E-state index is -1.10. The van der Waals surface area contributed by atoms with Crippen LogP contribution < -0.4 is 16.4 Å². The molecule has 2 saturated heterocycles. The Labute approximate surface area is 129 Å². The van der Waals surface area contributed by atoms with Gasteiger partial charge in [0.1, 0.15) is 6.04 Å². The lowest BCUT2D eigenvalue weighted by atomic mass is 10.1. The number of aliphatic hydroxyl groups is 1. The third-order valence-corrected chi connectivity index (χ3v) is 4.37. The van der Waals surface area contributed by atoms with Crippen molar-refractivity contribution in [3.63, 3.8) is 0 Å². The Kier molecular flexibility index (Phi) is 5.36. The average Bonchev–Trinajstić information content (AvgIpc) is 3.13. The molecule has 0 aromatic heterocycles. The Morgan fingerprint density at radius 2 is 2.05 bits per heavy atom. The van der Waals surface area contributed by atoms with Crippen LogP contribution in [-0.2, 0) is 14.4 Å². The van der Waals surface area contributed by atoms with Crippen LogP contribution >= 0.6 is 0 Å². The number of aliphatic hydroxyl groups excluding tert-OH is 1. The van der Waals surface area contributed by atoms with Crippen molar-refractivity contribution in [1.29, 1.82) is 0 Å². The van der Waals surface area contributed by atoms with E-state index in [1.807, 2.05) is 0 Å². The molecular weight excluding hydrogens is 288 g/mol. The molecule has 124 valence electrons. The summed E-state index contributed by atoms with van der Waals surface area (Å²) in [6.07, 6.45) is 0.339. The molecule has 2 aliphatic rings. The lowest BCUT2D eigenvalue weighted by Crippen LogP contribution is -2.52. The summed E-state index contributed by atoms with van der Waals surface area (Å²) in [7, 11) is 0. The summed E-state index contributed by atoms with van der Waals surface area (Å²) in [5, 5.41) is 15.1. The molecule has 0 unspecified atom stereocenters. The molecule has 2 rings (SSSR count). The number of rotatable bonds is 5. The molecule has 2 fully saturated rings. The molecule has 8 nitrogen and oxygen atoms in total. The Balaban J connectivity index is 1.87. The Bertz CT molecular complexity index is 448. The van der Waals surface area contributed by atoms with Crippen molar-refractivity contribution in [3.8, 4) is 0 Å². The maximum atomic E-state index is 12.3. The molecule has 0 spiro atoms. The van der Waals surface area contributed by atoms with Gasteiger partial charge in [0.15, 0.2) is 0 Å². The van der Waals surface area contributed by atoms with Gasteiger partial charge >= 0.3 is 0 Å². The van der Waals surface area contributed by atoms with E-state index in [9.17, 15) is 19.5 Å². The molecule has 2 heterocycles. The summed E-state index contributed by atoms with van der Waals surface area (Å²) < 4.78 is 0. The zero-order chi connectivity index (χ0) is 16.3. The van der Waals surface area contributed by atoms with Crippen LogP contribution in [0.3, 0.4) is 0 Å². The first kappa shape index (κ1) is 16.7. The molecule has 0 saturated carbocycles. The molecular formula is C14H24N4O4. The number of carbonyl (C=O) groups excluding carboxylic acids is 3. The first-order valence-corrected chi connectivity index (χ1v) is 7.67. The van der Waals surface area contributed by atoms with Crippen molar-refractivity contribution >= 4 is 17.7 Å². The normalized spacial score (nSPS) is 27.5. The molecule has 22 heavy (non-hydrogen) atoms. The summed E-state index contributed by atoms with van der Waals surface area (Å²) in [5.41, 5.74) is 5.16. The van der Waals surface area contributed by atoms with Gasteiger partial charge in [0.2, 0.25) is 17.7 Å². The van der Waals surface area contributed by atoms with Crippen LogP contribution in [0, 0.1) is 11.8 Å². The average molecular weight is 312 g/mol. The number of carbonyl (C=O) groups is 3. The summed E-state index contributed by atoms with van der Waals surface area (Å²) in [5.74, 6) is -1.39. The predicted octanol–water partition coefficient (Wildman–Crippen LogP) is -2.20. The monoisotopic (exact) mass is 312 g/mol. The third kappa shape index (κ3) is 3.75. The lowest BCUT2D eigenvalue weighted by Gasteiger charge is -2.22. The molecule has 0 radical (unpaired) electrons. The summed E-state index contributed by atoms with van der Waals surface area (Å²) >= 11 is 0. The van der Waals surface area contributed by atoms with Crippen LogP contribution in [0.15, 0.2) is 0 Å². The minimum absolute atomic E-state index is 0.00218. The number of amides is 3. The molecule has 0 aliphatic carbocycles. The lowest BCUT2D eigenvalue weighted by molar-refractivity contribution is -0.135. The number of primary amides is 1. The zero-order valence-corrected chi connectivity index (χ0v) is 12.7. The second-order valence-electron chi connectivity index (χ2n) is 6.09. The number of likely N-dealkylation sites (tertiary alicyclic amines) is 1. The van der Waals surface area contributed by atoms with E-state index in [1.165, 1.54) is 6.92 Å². The van der Waals surface area contributed by atoms with Gasteiger partial charge in [-0.3, -0.25) is 14.4 Å². The van der Waals surface area contributed by atoms with Crippen molar-refractivity contribution in [3.05, 3.63) is 0 Å². The van der Waals surface area contributed by atoms with Gasteiger partial charge in [-0.15, -0.1) is 0 Å². The van der Waals surface area contributed by atoms with Gasteiger partial charge < -0.3 is 26.4 Å². The van der Waals surface area contributed by atoms with Gasteiger partial charge in [-0.1, -0.05) is 0 Å². The van der Waals surface area contributed by atoms with Crippen molar-refractivity contribution in [2.75, 3.05) is 26.2 Å². The summed E-state index contributed by atoms with van der Waals surface area (Å²) in [4.78, 5) is 37.4. The summed E-state index contributed by atoms with van der Waals surface area (Å²) in [6, 6.07) is -1.10. The maximum Gasteiger partial charge on any atom is 0.242 e. The van der Waals surface area contributed by atoms with Crippen molar-refractivity contribution in [2.24, 2.45) is 17.6 Å². The van der Waals surface area contributed by atoms with Crippen LogP contribution in [0.4, 0.5) is 0 Å². The molecule has 0 bridgehead atoms. The number of hydrogen-bond acceptors (Lipinski definition) is 5. The van der Waals surface area contributed by atoms with Crippen LogP contribution in [0.25, 0.3) is 0 Å². The second-order valence-corrected chi connectivity index (χ2v) is 6.09. The Morgan fingerprint density at radius 3 is 2.59 bits per heavy atom. The molecule has 0 aromatic rings. The molecule has 2 aliphatic heterocycles. The highest BCUT2D eigenvalue weighted by molar-refractivity contribution is 5.89.